The van der Waals surface area contributed by atoms with E-state index in [9.17, 15) is 9.18 Å². The smallest absolute Gasteiger partial charge is 0.314 e. The molecule has 0 radical (unpaired) electrons. The number of halogens is 1. The summed E-state index contributed by atoms with van der Waals surface area (Å²) in [6.07, 6.45) is 6.25. The Morgan fingerprint density at radius 3 is 2.52 bits per heavy atom. The molecule has 23 heavy (non-hydrogen) atoms. The zero-order valence-electron chi connectivity index (χ0n) is 13.4. The molecule has 1 aromatic rings. The highest BCUT2D eigenvalue weighted by Gasteiger charge is 2.27. The van der Waals surface area contributed by atoms with Crippen molar-refractivity contribution >= 4 is 5.97 Å². The lowest BCUT2D eigenvalue weighted by molar-refractivity contribution is -0.140. The van der Waals surface area contributed by atoms with Gasteiger partial charge in [0, 0.05) is 0 Å². The van der Waals surface area contributed by atoms with E-state index in [2.05, 4.69) is 6.92 Å². The standard InChI is InChI=1S/C19H22FNO2/c1-2-3-14-6-10-18(11-7-14)23-19(22)16-8-4-15(5-9-16)12-17(20)13-21/h6-7,10-12,15-16H,2-5,8-9H2,1H3. The number of allylic oxidation sites excluding steroid dienone is 2. The number of carbonyl (C=O) groups is 1. The largest absolute Gasteiger partial charge is 0.426 e. The maximum absolute atomic E-state index is 13.0. The Bertz CT molecular complexity index is 593. The van der Waals surface area contributed by atoms with Gasteiger partial charge in [0.25, 0.3) is 0 Å². The summed E-state index contributed by atoms with van der Waals surface area (Å²) in [5, 5.41) is 8.46. The van der Waals surface area contributed by atoms with Crippen molar-refractivity contribution in [3.8, 4) is 11.8 Å². The molecule has 4 heteroatoms. The molecule has 3 nitrogen and oxygen atoms in total. The molecular formula is C19H22FNO2. The molecule has 1 fully saturated rings. The first-order valence-corrected chi connectivity index (χ1v) is 8.20. The quantitative estimate of drug-likeness (QED) is 0.448. The van der Waals surface area contributed by atoms with E-state index < -0.39 is 5.83 Å². The van der Waals surface area contributed by atoms with Gasteiger partial charge in [-0.05, 0) is 61.8 Å². The van der Waals surface area contributed by atoms with E-state index in [-0.39, 0.29) is 17.8 Å². The second-order valence-corrected chi connectivity index (χ2v) is 6.05. The van der Waals surface area contributed by atoms with Crippen molar-refractivity contribution in [2.24, 2.45) is 11.8 Å². The van der Waals surface area contributed by atoms with Gasteiger partial charge in [-0.3, -0.25) is 4.79 Å². The summed E-state index contributed by atoms with van der Waals surface area (Å²) < 4.78 is 18.4. The highest BCUT2D eigenvalue weighted by molar-refractivity contribution is 5.75. The summed E-state index contributed by atoms with van der Waals surface area (Å²) in [5.41, 5.74) is 1.24. The van der Waals surface area contributed by atoms with E-state index >= 15 is 0 Å². The monoisotopic (exact) mass is 315 g/mol. The Hall–Kier alpha value is -2.15. The highest BCUT2D eigenvalue weighted by Crippen LogP contribution is 2.31. The van der Waals surface area contributed by atoms with Gasteiger partial charge in [0.1, 0.15) is 11.8 Å². The molecule has 0 atom stereocenters. The Balaban J connectivity index is 1.84. The van der Waals surface area contributed by atoms with Crippen LogP contribution >= 0.6 is 0 Å². The lowest BCUT2D eigenvalue weighted by Gasteiger charge is -2.25. The van der Waals surface area contributed by atoms with Crippen LogP contribution in [-0.4, -0.2) is 5.97 Å². The van der Waals surface area contributed by atoms with Crippen molar-refractivity contribution in [2.75, 3.05) is 0 Å². The first-order valence-electron chi connectivity index (χ1n) is 8.20. The molecule has 0 spiro atoms. The number of aryl methyl sites for hydroxylation is 1. The molecule has 0 unspecified atom stereocenters. The molecule has 1 aliphatic carbocycles. The van der Waals surface area contributed by atoms with Crippen LogP contribution in [0.1, 0.15) is 44.6 Å². The van der Waals surface area contributed by atoms with Crippen LogP contribution in [0.3, 0.4) is 0 Å². The predicted octanol–water partition coefficient (Wildman–Crippen LogP) is 4.73. The molecular weight excluding hydrogens is 293 g/mol. The van der Waals surface area contributed by atoms with Crippen LogP contribution in [0.2, 0.25) is 0 Å². The van der Waals surface area contributed by atoms with Crippen LogP contribution in [0, 0.1) is 23.2 Å². The van der Waals surface area contributed by atoms with Gasteiger partial charge in [-0.15, -0.1) is 0 Å². The Morgan fingerprint density at radius 1 is 1.30 bits per heavy atom. The topological polar surface area (TPSA) is 50.1 Å². The van der Waals surface area contributed by atoms with Crippen molar-refractivity contribution in [1.29, 1.82) is 5.26 Å². The van der Waals surface area contributed by atoms with Gasteiger partial charge < -0.3 is 4.74 Å². The van der Waals surface area contributed by atoms with Crippen LogP contribution in [0.25, 0.3) is 0 Å². The zero-order valence-corrected chi connectivity index (χ0v) is 13.4. The first-order chi connectivity index (χ1) is 11.1. The normalized spacial score (nSPS) is 21.5. The third-order valence-electron chi connectivity index (χ3n) is 4.27. The summed E-state index contributed by atoms with van der Waals surface area (Å²) in [6, 6.07) is 9.13. The van der Waals surface area contributed by atoms with Crippen molar-refractivity contribution < 1.29 is 13.9 Å². The molecule has 0 aliphatic heterocycles. The molecule has 1 aliphatic rings. The SMILES string of the molecule is CCCc1ccc(OC(=O)C2CCC(C=C(F)C#N)CC2)cc1. The number of rotatable bonds is 5. The molecule has 1 saturated carbocycles. The van der Waals surface area contributed by atoms with Crippen LogP contribution in [0.15, 0.2) is 36.2 Å². The van der Waals surface area contributed by atoms with Crippen LogP contribution in [-0.2, 0) is 11.2 Å². The van der Waals surface area contributed by atoms with Crippen molar-refractivity contribution in [3.05, 3.63) is 41.7 Å². The lowest BCUT2D eigenvalue weighted by atomic mass is 9.82. The van der Waals surface area contributed by atoms with Crippen molar-refractivity contribution in [2.45, 2.75) is 45.4 Å². The average molecular weight is 315 g/mol. The van der Waals surface area contributed by atoms with Gasteiger partial charge in [-0.2, -0.15) is 9.65 Å². The van der Waals surface area contributed by atoms with E-state index in [0.717, 1.165) is 12.8 Å². The molecule has 2 rings (SSSR count). The van der Waals surface area contributed by atoms with E-state index in [4.69, 9.17) is 10.00 Å². The number of carbonyl (C=O) groups excluding carboxylic acids is 1. The lowest BCUT2D eigenvalue weighted by Crippen LogP contribution is -2.25. The minimum atomic E-state index is -0.733. The van der Waals surface area contributed by atoms with Gasteiger partial charge in [-0.1, -0.05) is 25.5 Å². The number of hydrogen-bond donors (Lipinski definition) is 0. The van der Waals surface area contributed by atoms with E-state index in [1.54, 1.807) is 0 Å². The Morgan fingerprint density at radius 2 is 1.96 bits per heavy atom. The molecule has 1 aromatic carbocycles. The minimum Gasteiger partial charge on any atom is -0.426 e. The number of nitriles is 1. The van der Waals surface area contributed by atoms with Crippen LogP contribution in [0.5, 0.6) is 5.75 Å². The Kier molecular flexibility index (Phi) is 6.34. The van der Waals surface area contributed by atoms with E-state index in [1.165, 1.54) is 17.7 Å². The van der Waals surface area contributed by atoms with Crippen LogP contribution in [0.4, 0.5) is 4.39 Å². The number of esters is 1. The number of hydrogen-bond acceptors (Lipinski definition) is 3. The second kappa shape index (κ2) is 8.47. The third kappa shape index (κ3) is 5.21. The highest BCUT2D eigenvalue weighted by atomic mass is 19.1. The molecule has 122 valence electrons. The fourth-order valence-electron chi connectivity index (χ4n) is 2.98. The summed E-state index contributed by atoms with van der Waals surface area (Å²) in [4.78, 5) is 12.2. The maximum Gasteiger partial charge on any atom is 0.314 e. The first kappa shape index (κ1) is 17.2. The van der Waals surface area contributed by atoms with E-state index in [1.807, 2.05) is 24.3 Å². The molecule has 0 N–H and O–H groups in total. The minimum absolute atomic E-state index is 0.0482. The fourth-order valence-corrected chi connectivity index (χ4v) is 2.98. The van der Waals surface area contributed by atoms with Crippen molar-refractivity contribution in [3.63, 3.8) is 0 Å². The predicted molar refractivity (Wildman–Crippen MR) is 86.3 cm³/mol. The maximum atomic E-state index is 13.0. The van der Waals surface area contributed by atoms with Gasteiger partial charge in [0.05, 0.1) is 5.92 Å². The number of benzene rings is 1. The summed E-state index contributed by atoms with van der Waals surface area (Å²) in [6.45, 7) is 2.13. The summed E-state index contributed by atoms with van der Waals surface area (Å²) >= 11 is 0. The fraction of sp³-hybridized carbons (Fsp3) is 0.474. The average Bonchev–Trinajstić information content (AvgIpc) is 2.57. The van der Waals surface area contributed by atoms with E-state index in [0.29, 0.717) is 31.4 Å². The van der Waals surface area contributed by atoms with Gasteiger partial charge in [-0.25, -0.2) is 0 Å². The second-order valence-electron chi connectivity index (χ2n) is 6.05. The zero-order chi connectivity index (χ0) is 16.7. The summed E-state index contributed by atoms with van der Waals surface area (Å²) in [5.74, 6) is -0.459. The molecule has 0 heterocycles. The van der Waals surface area contributed by atoms with Gasteiger partial charge in [0.15, 0.2) is 5.83 Å². The molecule has 0 aromatic heterocycles. The number of nitrogens with zero attached hydrogens (tertiary/aromatic N) is 1. The Labute approximate surface area is 136 Å². The number of ether oxygens (including phenoxy) is 1. The molecule has 0 bridgehead atoms. The van der Waals surface area contributed by atoms with Gasteiger partial charge >= 0.3 is 5.97 Å². The van der Waals surface area contributed by atoms with Crippen molar-refractivity contribution in [1.82, 2.24) is 0 Å². The van der Waals surface area contributed by atoms with Gasteiger partial charge in [0.2, 0.25) is 0 Å². The molecule has 0 saturated heterocycles. The molecule has 0 amide bonds. The summed E-state index contributed by atoms with van der Waals surface area (Å²) in [7, 11) is 0. The van der Waals surface area contributed by atoms with Crippen LogP contribution < -0.4 is 4.74 Å². The third-order valence-corrected chi connectivity index (χ3v) is 4.27.